The molecular formula is C26H21BrN2O5S. The summed E-state index contributed by atoms with van der Waals surface area (Å²) in [5.74, 6) is -0.864. The molecule has 1 saturated heterocycles. The molecule has 35 heavy (non-hydrogen) atoms. The number of ether oxygens (including phenoxy) is 1. The number of aliphatic carboxylic acids is 1. The van der Waals surface area contributed by atoms with Gasteiger partial charge in [-0.05, 0) is 56.4 Å². The number of halogens is 1. The molecule has 3 aromatic carbocycles. The largest absolute Gasteiger partial charge is 0.480 e. The Hall–Kier alpha value is -3.30. The fraction of sp³-hybridized carbons (Fsp3) is 0.192. The zero-order chi connectivity index (χ0) is 24.5. The number of nitrogens with zero attached hydrogens (tertiary/aromatic N) is 1. The first-order chi connectivity index (χ1) is 16.9. The molecule has 9 heteroatoms. The number of thioether (sulfide) groups is 1. The maximum Gasteiger partial charge on any atom is 0.411 e. The van der Waals surface area contributed by atoms with Crippen molar-refractivity contribution >= 4 is 51.3 Å². The van der Waals surface area contributed by atoms with Crippen molar-refractivity contribution in [1.82, 2.24) is 4.90 Å². The molecular weight excluding hydrogens is 532 g/mol. The number of hydrogen-bond acceptors (Lipinski definition) is 5. The van der Waals surface area contributed by atoms with Gasteiger partial charge in [-0.3, -0.25) is 10.1 Å². The second-order valence-corrected chi connectivity index (χ2v) is 10.1. The molecule has 1 fully saturated rings. The van der Waals surface area contributed by atoms with Crippen molar-refractivity contribution in [2.45, 2.75) is 12.0 Å². The van der Waals surface area contributed by atoms with E-state index < -0.39 is 24.0 Å². The zero-order valence-electron chi connectivity index (χ0n) is 18.4. The van der Waals surface area contributed by atoms with Gasteiger partial charge in [0.15, 0.2) is 0 Å². The van der Waals surface area contributed by atoms with Gasteiger partial charge in [0, 0.05) is 21.8 Å². The number of carbonyl (C=O) groups excluding carboxylic acids is 2. The lowest BCUT2D eigenvalue weighted by Crippen LogP contribution is -2.41. The Kier molecular flexibility index (Phi) is 6.53. The number of rotatable bonds is 5. The van der Waals surface area contributed by atoms with Crippen LogP contribution in [0.2, 0.25) is 0 Å². The van der Waals surface area contributed by atoms with Gasteiger partial charge < -0.3 is 14.7 Å². The fourth-order valence-corrected chi connectivity index (χ4v) is 6.08. The standard InChI is InChI=1S/C26H21BrN2O5S/c27-22-10-9-15(11-20(22)24(30)29-14-35-13-23(29)25(31)32)28-26(33)34-12-21-18-7-3-1-5-16(18)17-6-2-4-8-19(17)21/h1-11,21,23H,12-14H2,(H,28,33)(H,31,32)/t23-/m0/s1. The van der Waals surface area contributed by atoms with Gasteiger partial charge in [-0.2, -0.15) is 0 Å². The van der Waals surface area contributed by atoms with E-state index in [0.29, 0.717) is 21.8 Å². The molecule has 178 valence electrons. The summed E-state index contributed by atoms with van der Waals surface area (Å²) in [5, 5.41) is 12.1. The van der Waals surface area contributed by atoms with E-state index in [1.165, 1.54) is 22.7 Å². The summed E-state index contributed by atoms with van der Waals surface area (Å²) in [6.45, 7) is 0.174. The summed E-state index contributed by atoms with van der Waals surface area (Å²) in [7, 11) is 0. The van der Waals surface area contributed by atoms with Gasteiger partial charge in [-0.25, -0.2) is 9.59 Å². The number of benzene rings is 3. The second-order valence-electron chi connectivity index (χ2n) is 8.27. The van der Waals surface area contributed by atoms with Gasteiger partial charge in [0.25, 0.3) is 5.91 Å². The molecule has 0 bridgehead atoms. The number of amides is 2. The molecule has 1 heterocycles. The average Bonchev–Trinajstić information content (AvgIpc) is 3.47. The Morgan fingerprint density at radius 2 is 1.69 bits per heavy atom. The van der Waals surface area contributed by atoms with E-state index in [-0.39, 0.29) is 18.1 Å². The average molecular weight is 553 g/mol. The van der Waals surface area contributed by atoms with Gasteiger partial charge in [0.1, 0.15) is 12.6 Å². The number of nitrogens with one attached hydrogen (secondary N) is 1. The van der Waals surface area contributed by atoms with Crippen LogP contribution in [-0.2, 0) is 9.53 Å². The molecule has 1 aliphatic heterocycles. The first-order valence-electron chi connectivity index (χ1n) is 11.0. The molecule has 2 aliphatic rings. The second kappa shape index (κ2) is 9.75. The monoisotopic (exact) mass is 552 g/mol. The maximum absolute atomic E-state index is 13.0. The Bertz CT molecular complexity index is 1290. The minimum atomic E-state index is -1.03. The van der Waals surface area contributed by atoms with Crippen LogP contribution in [0.1, 0.15) is 27.4 Å². The molecule has 0 aromatic heterocycles. The molecule has 0 unspecified atom stereocenters. The van der Waals surface area contributed by atoms with E-state index in [4.69, 9.17) is 4.74 Å². The highest BCUT2D eigenvalue weighted by atomic mass is 79.9. The highest BCUT2D eigenvalue weighted by molar-refractivity contribution is 9.10. The Balaban J connectivity index is 1.28. The molecule has 7 nitrogen and oxygen atoms in total. The molecule has 1 atom stereocenters. The van der Waals surface area contributed by atoms with Crippen molar-refractivity contribution in [2.75, 3.05) is 23.6 Å². The van der Waals surface area contributed by atoms with Gasteiger partial charge >= 0.3 is 12.1 Å². The number of anilines is 1. The molecule has 0 saturated carbocycles. The van der Waals surface area contributed by atoms with E-state index in [9.17, 15) is 19.5 Å². The van der Waals surface area contributed by atoms with Crippen LogP contribution in [0, 0.1) is 0 Å². The predicted octanol–water partition coefficient (Wildman–Crippen LogP) is 5.41. The predicted molar refractivity (Wildman–Crippen MR) is 138 cm³/mol. The van der Waals surface area contributed by atoms with Crippen LogP contribution in [-0.4, -0.2) is 52.3 Å². The van der Waals surface area contributed by atoms with E-state index in [2.05, 4.69) is 45.5 Å². The van der Waals surface area contributed by atoms with E-state index >= 15 is 0 Å². The number of carboxylic acids is 1. The molecule has 0 spiro atoms. The van der Waals surface area contributed by atoms with Crippen LogP contribution < -0.4 is 5.32 Å². The first-order valence-corrected chi connectivity index (χ1v) is 12.9. The maximum atomic E-state index is 13.0. The lowest BCUT2D eigenvalue weighted by Gasteiger charge is -2.21. The molecule has 5 rings (SSSR count). The highest BCUT2D eigenvalue weighted by Gasteiger charge is 2.36. The molecule has 0 radical (unpaired) electrons. The van der Waals surface area contributed by atoms with Crippen molar-refractivity contribution in [3.63, 3.8) is 0 Å². The third-order valence-electron chi connectivity index (χ3n) is 6.22. The normalized spacial score (nSPS) is 16.5. The third-order valence-corrected chi connectivity index (χ3v) is 7.92. The first kappa shape index (κ1) is 23.4. The van der Waals surface area contributed by atoms with Crippen LogP contribution >= 0.6 is 27.7 Å². The molecule has 2 N–H and O–H groups in total. The topological polar surface area (TPSA) is 95.9 Å². The van der Waals surface area contributed by atoms with Crippen molar-refractivity contribution in [2.24, 2.45) is 0 Å². The van der Waals surface area contributed by atoms with Gasteiger partial charge in [-0.15, -0.1) is 11.8 Å². The minimum absolute atomic E-state index is 0.0594. The van der Waals surface area contributed by atoms with Gasteiger partial charge in [0.2, 0.25) is 0 Å². The lowest BCUT2D eigenvalue weighted by molar-refractivity contribution is -0.140. The summed E-state index contributed by atoms with van der Waals surface area (Å²) in [4.78, 5) is 38.5. The third kappa shape index (κ3) is 4.53. The minimum Gasteiger partial charge on any atom is -0.480 e. The summed E-state index contributed by atoms with van der Waals surface area (Å²) in [5.41, 5.74) is 5.19. The van der Waals surface area contributed by atoms with E-state index in [1.807, 2.05) is 24.3 Å². The van der Waals surface area contributed by atoms with Gasteiger partial charge in [-0.1, -0.05) is 48.5 Å². The van der Waals surface area contributed by atoms with Crippen molar-refractivity contribution in [3.8, 4) is 11.1 Å². The summed E-state index contributed by atoms with van der Waals surface area (Å²) in [6, 6.07) is 20.1. The van der Waals surface area contributed by atoms with Crippen LogP contribution in [0.15, 0.2) is 71.2 Å². The molecule has 2 amide bonds. The van der Waals surface area contributed by atoms with Crippen LogP contribution in [0.25, 0.3) is 11.1 Å². The number of fused-ring (bicyclic) bond motifs is 3. The fourth-order valence-electron chi connectivity index (χ4n) is 4.52. The van der Waals surface area contributed by atoms with E-state index in [1.54, 1.807) is 12.1 Å². The van der Waals surface area contributed by atoms with E-state index in [0.717, 1.165) is 22.3 Å². The number of hydrogen-bond donors (Lipinski definition) is 2. The van der Waals surface area contributed by atoms with Crippen molar-refractivity contribution < 1.29 is 24.2 Å². The number of carbonyl (C=O) groups is 3. The quantitative estimate of drug-likeness (QED) is 0.439. The summed E-state index contributed by atoms with van der Waals surface area (Å²) in [6.07, 6.45) is -0.632. The smallest absolute Gasteiger partial charge is 0.411 e. The molecule has 1 aliphatic carbocycles. The van der Waals surface area contributed by atoms with Crippen LogP contribution in [0.5, 0.6) is 0 Å². The zero-order valence-corrected chi connectivity index (χ0v) is 20.8. The van der Waals surface area contributed by atoms with Gasteiger partial charge in [0.05, 0.1) is 11.4 Å². The summed E-state index contributed by atoms with van der Waals surface area (Å²) >= 11 is 4.75. The van der Waals surface area contributed by atoms with Crippen LogP contribution in [0.3, 0.4) is 0 Å². The molecule has 3 aromatic rings. The Morgan fingerprint density at radius 1 is 1.03 bits per heavy atom. The number of carboxylic acid groups (broad SMARTS) is 1. The van der Waals surface area contributed by atoms with Crippen molar-refractivity contribution in [1.29, 1.82) is 0 Å². The SMILES string of the molecule is O=C(Nc1ccc(Br)c(C(=O)N2CSC[C@H]2C(=O)O)c1)OCC1c2ccccc2-c2ccccc21. The van der Waals surface area contributed by atoms with Crippen LogP contribution in [0.4, 0.5) is 10.5 Å². The summed E-state index contributed by atoms with van der Waals surface area (Å²) < 4.78 is 6.10. The van der Waals surface area contributed by atoms with Crippen molar-refractivity contribution in [3.05, 3.63) is 87.9 Å². The Labute approximate surface area is 214 Å². The lowest BCUT2D eigenvalue weighted by atomic mass is 9.98. The Morgan fingerprint density at radius 3 is 2.34 bits per heavy atom. The highest BCUT2D eigenvalue weighted by Crippen LogP contribution is 2.44.